The minimum absolute atomic E-state index is 0.209. The first-order chi connectivity index (χ1) is 18.9. The van der Waals surface area contributed by atoms with Gasteiger partial charge in [-0.05, 0) is 110 Å². The number of hydrogen-bond donors (Lipinski definition) is 0. The molecule has 0 heterocycles. The van der Waals surface area contributed by atoms with Crippen molar-refractivity contribution in [2.24, 2.45) is 17.8 Å². The molecule has 3 aromatic carbocycles. The maximum atomic E-state index is 15.3. The van der Waals surface area contributed by atoms with Crippen LogP contribution in [0.25, 0.3) is 27.8 Å². The molecule has 204 valence electrons. The van der Waals surface area contributed by atoms with Crippen molar-refractivity contribution < 1.29 is 13.2 Å². The highest BCUT2D eigenvalue weighted by atomic mass is 19.2. The zero-order valence-electron chi connectivity index (χ0n) is 23.2. The Balaban J connectivity index is 1.22. The average molecular weight is 529 g/mol. The van der Waals surface area contributed by atoms with Crippen LogP contribution in [0.1, 0.15) is 75.8 Å². The van der Waals surface area contributed by atoms with E-state index >= 15 is 4.39 Å². The lowest BCUT2D eigenvalue weighted by Crippen LogP contribution is -2.23. The summed E-state index contributed by atoms with van der Waals surface area (Å²) in [6, 6.07) is 15.6. The summed E-state index contributed by atoms with van der Waals surface area (Å²) >= 11 is 0. The van der Waals surface area contributed by atoms with Gasteiger partial charge in [0.05, 0.1) is 0 Å². The first kappa shape index (κ1) is 27.5. The Morgan fingerprint density at radius 3 is 2.05 bits per heavy atom. The van der Waals surface area contributed by atoms with E-state index in [0.717, 1.165) is 41.7 Å². The van der Waals surface area contributed by atoms with Crippen LogP contribution >= 0.6 is 0 Å². The zero-order valence-corrected chi connectivity index (χ0v) is 23.2. The topological polar surface area (TPSA) is 0 Å². The Labute approximate surface area is 231 Å². The van der Waals surface area contributed by atoms with Crippen LogP contribution in [-0.4, -0.2) is 0 Å². The van der Waals surface area contributed by atoms with Gasteiger partial charge in [0.2, 0.25) is 0 Å². The normalized spacial score (nSPS) is 21.8. The van der Waals surface area contributed by atoms with E-state index in [-0.39, 0.29) is 16.9 Å². The fourth-order valence-corrected chi connectivity index (χ4v) is 6.64. The van der Waals surface area contributed by atoms with Crippen LogP contribution in [0.5, 0.6) is 0 Å². The van der Waals surface area contributed by atoms with Crippen LogP contribution < -0.4 is 0 Å². The van der Waals surface area contributed by atoms with Gasteiger partial charge in [-0.1, -0.05) is 79.6 Å². The lowest BCUT2D eigenvalue weighted by atomic mass is 9.70. The molecule has 0 spiro atoms. The third kappa shape index (κ3) is 6.24. The van der Waals surface area contributed by atoms with Crippen molar-refractivity contribution in [3.8, 4) is 22.3 Å². The number of rotatable bonds is 7. The highest BCUT2D eigenvalue weighted by molar-refractivity contribution is 5.74. The van der Waals surface area contributed by atoms with E-state index in [0.29, 0.717) is 11.1 Å². The molecule has 0 bridgehead atoms. The quantitative estimate of drug-likeness (QED) is 0.268. The molecule has 1 atom stereocenters. The third-order valence-corrected chi connectivity index (χ3v) is 9.11. The third-order valence-electron chi connectivity index (χ3n) is 9.11. The van der Waals surface area contributed by atoms with Crippen LogP contribution in [0.2, 0.25) is 0 Å². The zero-order chi connectivity index (χ0) is 27.4. The number of benzene rings is 3. The van der Waals surface area contributed by atoms with E-state index < -0.39 is 11.6 Å². The molecule has 0 amide bonds. The molecule has 0 nitrogen and oxygen atoms in total. The van der Waals surface area contributed by atoms with Crippen molar-refractivity contribution in [3.05, 3.63) is 101 Å². The molecule has 1 fully saturated rings. The van der Waals surface area contributed by atoms with Crippen molar-refractivity contribution in [1.82, 2.24) is 0 Å². The average Bonchev–Trinajstić information content (AvgIpc) is 2.97. The SMILES string of the molecule is C/C=C/CCC1CCC(C2CC=C(c3ccc(-c4ccc(-c5ccc(C)c(F)c5F)cc4)c(F)c3)CC2)CC1. The monoisotopic (exact) mass is 528 g/mol. The first-order valence-electron chi connectivity index (χ1n) is 14.6. The molecule has 0 N–H and O–H groups in total. The van der Waals surface area contributed by atoms with Crippen molar-refractivity contribution in [2.45, 2.75) is 71.6 Å². The second kappa shape index (κ2) is 12.4. The van der Waals surface area contributed by atoms with E-state index in [4.69, 9.17) is 0 Å². The van der Waals surface area contributed by atoms with E-state index in [9.17, 15) is 8.78 Å². The van der Waals surface area contributed by atoms with E-state index in [1.807, 2.05) is 12.1 Å². The Kier molecular flexibility index (Phi) is 8.75. The maximum absolute atomic E-state index is 15.3. The first-order valence-corrected chi connectivity index (χ1v) is 14.6. The minimum atomic E-state index is -0.853. The van der Waals surface area contributed by atoms with Gasteiger partial charge in [-0.25, -0.2) is 13.2 Å². The number of aryl methyl sites for hydroxylation is 1. The summed E-state index contributed by atoms with van der Waals surface area (Å²) in [7, 11) is 0. The highest BCUT2D eigenvalue weighted by Crippen LogP contribution is 2.42. The fraction of sp³-hybridized carbons (Fsp3) is 0.389. The van der Waals surface area contributed by atoms with Gasteiger partial charge >= 0.3 is 0 Å². The van der Waals surface area contributed by atoms with Crippen LogP contribution in [0.15, 0.2) is 72.8 Å². The lowest BCUT2D eigenvalue weighted by molar-refractivity contribution is 0.190. The molecule has 39 heavy (non-hydrogen) atoms. The van der Waals surface area contributed by atoms with Gasteiger partial charge in [0.1, 0.15) is 5.82 Å². The molecule has 0 aliphatic heterocycles. The molecule has 1 unspecified atom stereocenters. The van der Waals surface area contributed by atoms with Gasteiger partial charge in [0.25, 0.3) is 0 Å². The Morgan fingerprint density at radius 1 is 0.744 bits per heavy atom. The van der Waals surface area contributed by atoms with Gasteiger partial charge in [0, 0.05) is 11.1 Å². The maximum Gasteiger partial charge on any atom is 0.166 e. The highest BCUT2D eigenvalue weighted by Gasteiger charge is 2.28. The van der Waals surface area contributed by atoms with Crippen LogP contribution in [-0.2, 0) is 0 Å². The fourth-order valence-electron chi connectivity index (χ4n) is 6.64. The van der Waals surface area contributed by atoms with Gasteiger partial charge in [-0.2, -0.15) is 0 Å². The number of halogens is 3. The molecule has 2 aliphatic carbocycles. The molecule has 3 aromatic rings. The van der Waals surface area contributed by atoms with Crippen molar-refractivity contribution in [1.29, 1.82) is 0 Å². The minimum Gasteiger partial charge on any atom is -0.206 e. The Hall–Kier alpha value is -3.07. The van der Waals surface area contributed by atoms with E-state index in [1.54, 1.807) is 49.4 Å². The molecule has 5 rings (SSSR count). The predicted molar refractivity (Wildman–Crippen MR) is 157 cm³/mol. The largest absolute Gasteiger partial charge is 0.206 e. The Morgan fingerprint density at radius 2 is 1.41 bits per heavy atom. The molecule has 2 aliphatic rings. The molecule has 3 heteroatoms. The van der Waals surface area contributed by atoms with Gasteiger partial charge in [-0.15, -0.1) is 0 Å². The molecular weight excluding hydrogens is 489 g/mol. The second-order valence-corrected chi connectivity index (χ2v) is 11.5. The predicted octanol–water partition coefficient (Wildman–Crippen LogP) is 11.1. The molecule has 0 radical (unpaired) electrons. The van der Waals surface area contributed by atoms with Gasteiger partial charge in [-0.3, -0.25) is 0 Å². The van der Waals surface area contributed by atoms with Crippen molar-refractivity contribution >= 4 is 5.57 Å². The second-order valence-electron chi connectivity index (χ2n) is 11.5. The summed E-state index contributed by atoms with van der Waals surface area (Å²) in [5, 5.41) is 0. The molecule has 0 saturated heterocycles. The summed E-state index contributed by atoms with van der Waals surface area (Å²) < 4.78 is 43.7. The summed E-state index contributed by atoms with van der Waals surface area (Å²) in [6.07, 6.45) is 18.1. The van der Waals surface area contributed by atoms with Crippen LogP contribution in [0.3, 0.4) is 0 Å². The summed E-state index contributed by atoms with van der Waals surface area (Å²) in [5.74, 6) is 0.565. The lowest BCUT2D eigenvalue weighted by Gasteiger charge is -2.35. The summed E-state index contributed by atoms with van der Waals surface area (Å²) in [5.41, 5.74) is 4.50. The molecule has 0 aromatic heterocycles. The van der Waals surface area contributed by atoms with E-state index in [2.05, 4.69) is 25.2 Å². The standard InChI is InChI=1S/C36H39F3/c1-3-4-5-6-25-8-10-26(11-9-25)27-12-14-28(15-13-27)31-20-22-32(34(37)23-31)29-16-18-30(19-17-29)33-21-7-24(2)35(38)36(33)39/h3-4,7,14,16-23,25-27H,5-6,8-13,15H2,1-2H3/b4-3+. The summed E-state index contributed by atoms with van der Waals surface area (Å²) in [6.45, 7) is 3.64. The smallest absolute Gasteiger partial charge is 0.166 e. The molecule has 1 saturated carbocycles. The van der Waals surface area contributed by atoms with E-state index in [1.165, 1.54) is 50.5 Å². The molecular formula is C36H39F3. The van der Waals surface area contributed by atoms with Gasteiger partial charge in [0.15, 0.2) is 11.6 Å². The van der Waals surface area contributed by atoms with Gasteiger partial charge < -0.3 is 0 Å². The van der Waals surface area contributed by atoms with Crippen molar-refractivity contribution in [2.75, 3.05) is 0 Å². The van der Waals surface area contributed by atoms with Crippen LogP contribution in [0, 0.1) is 42.1 Å². The summed E-state index contributed by atoms with van der Waals surface area (Å²) in [4.78, 5) is 0. The van der Waals surface area contributed by atoms with Crippen LogP contribution in [0.4, 0.5) is 13.2 Å². The number of allylic oxidation sites excluding steroid dienone is 4. The number of hydrogen-bond acceptors (Lipinski definition) is 0. The Bertz CT molecular complexity index is 1340. The van der Waals surface area contributed by atoms with Crippen molar-refractivity contribution in [3.63, 3.8) is 0 Å².